The smallest absolute Gasteiger partial charge is 0.282 e. The Bertz CT molecular complexity index is 2100. The van der Waals surface area contributed by atoms with Crippen molar-refractivity contribution in [3.8, 4) is 40.1 Å². The molecule has 6 rings (SSSR count). The Morgan fingerprint density at radius 3 is 2.51 bits per heavy atom. The number of hydrogen-bond acceptors (Lipinski definition) is 8. The lowest BCUT2D eigenvalue weighted by molar-refractivity contribution is 0.174. The number of allylic oxidation sites excluding steroid dienone is 1. The molecule has 0 atom stereocenters. The van der Waals surface area contributed by atoms with Crippen molar-refractivity contribution < 1.29 is 23.7 Å². The van der Waals surface area contributed by atoms with Gasteiger partial charge in [0.25, 0.3) is 5.56 Å². The zero-order valence-electron chi connectivity index (χ0n) is 28.6. The number of rotatable bonds is 13. The van der Waals surface area contributed by atoms with Crippen molar-refractivity contribution >= 4 is 17.1 Å². The molecule has 1 aromatic heterocycles. The summed E-state index contributed by atoms with van der Waals surface area (Å²) in [4.78, 5) is 19.0. The maximum Gasteiger partial charge on any atom is 0.282 e. The van der Waals surface area contributed by atoms with Gasteiger partial charge in [0.1, 0.15) is 12.4 Å². The van der Waals surface area contributed by atoms with Gasteiger partial charge in [-0.3, -0.25) is 4.79 Å². The summed E-state index contributed by atoms with van der Waals surface area (Å²) in [6.07, 6.45) is 4.01. The van der Waals surface area contributed by atoms with Gasteiger partial charge < -0.3 is 23.7 Å². The number of aryl methyl sites for hydroxylation is 1. The molecule has 0 spiro atoms. The van der Waals surface area contributed by atoms with E-state index in [1.165, 1.54) is 4.68 Å². The molecule has 0 unspecified atom stereocenters. The first-order valence-corrected chi connectivity index (χ1v) is 16.6. The molecule has 0 saturated carbocycles. The van der Waals surface area contributed by atoms with E-state index in [4.69, 9.17) is 33.8 Å². The van der Waals surface area contributed by atoms with Crippen LogP contribution in [0.25, 0.3) is 22.3 Å². The molecule has 0 saturated heterocycles. The molecule has 1 aliphatic rings. The quantitative estimate of drug-likeness (QED) is 0.0929. The molecule has 252 valence electrons. The first-order valence-electron chi connectivity index (χ1n) is 16.6. The Morgan fingerprint density at radius 1 is 0.959 bits per heavy atom. The maximum absolute atomic E-state index is 14.0. The molecule has 0 aliphatic carbocycles. The minimum Gasteiger partial charge on any atom is -0.494 e. The fourth-order valence-corrected chi connectivity index (χ4v) is 5.88. The van der Waals surface area contributed by atoms with E-state index in [1.807, 2.05) is 81.4 Å². The highest BCUT2D eigenvalue weighted by Crippen LogP contribution is 2.37. The Kier molecular flexibility index (Phi) is 9.99. The Balaban J connectivity index is 1.43. The average Bonchev–Trinajstić information content (AvgIpc) is 3.56. The summed E-state index contributed by atoms with van der Waals surface area (Å²) in [5.41, 5.74) is 5.64. The van der Waals surface area contributed by atoms with Gasteiger partial charge in [0.2, 0.25) is 6.79 Å². The molecule has 0 amide bonds. The lowest BCUT2D eigenvalue weighted by atomic mass is 9.96. The molecule has 9 heteroatoms. The van der Waals surface area contributed by atoms with E-state index in [1.54, 1.807) is 12.3 Å². The zero-order valence-corrected chi connectivity index (χ0v) is 28.6. The van der Waals surface area contributed by atoms with E-state index in [2.05, 4.69) is 26.5 Å². The molecule has 5 aromatic rings. The predicted molar refractivity (Wildman–Crippen MR) is 193 cm³/mol. The molecule has 2 heterocycles. The van der Waals surface area contributed by atoms with Gasteiger partial charge in [-0.25, -0.2) is 4.98 Å². The standard InChI is InChI=1S/C40H41N3O6/c1-7-12-29-18-28(20-37(46-9-3)38(29)47-23-27-15-16-34-36(19-27)49-24-48-34)22-41-43-39(42-33-14-11-10-13-30(33)40(43)44)32-21-31(25(4)5)35(45-8-2)17-26(32)6/h7,10-11,13-22,25H,1,8-9,12,23-24H2,2-6H3. The van der Waals surface area contributed by atoms with Crippen LogP contribution >= 0.6 is 0 Å². The van der Waals surface area contributed by atoms with Crippen molar-refractivity contribution in [2.24, 2.45) is 5.10 Å². The van der Waals surface area contributed by atoms with Crippen molar-refractivity contribution in [2.75, 3.05) is 20.0 Å². The van der Waals surface area contributed by atoms with Crippen LogP contribution < -0.4 is 29.2 Å². The third kappa shape index (κ3) is 7.02. The highest BCUT2D eigenvalue weighted by molar-refractivity contribution is 5.83. The van der Waals surface area contributed by atoms with Crippen LogP contribution in [-0.4, -0.2) is 35.9 Å². The number of para-hydroxylation sites is 1. The van der Waals surface area contributed by atoms with Crippen LogP contribution in [0.4, 0.5) is 0 Å². The van der Waals surface area contributed by atoms with Gasteiger partial charge in [0.15, 0.2) is 28.8 Å². The van der Waals surface area contributed by atoms with Gasteiger partial charge in [0, 0.05) is 11.1 Å². The lowest BCUT2D eigenvalue weighted by Crippen LogP contribution is -2.21. The van der Waals surface area contributed by atoms with E-state index in [-0.39, 0.29) is 18.3 Å². The van der Waals surface area contributed by atoms with Crippen molar-refractivity contribution in [3.05, 3.63) is 118 Å². The number of ether oxygens (including phenoxy) is 5. The number of fused-ring (bicyclic) bond motifs is 2. The fraction of sp³-hybridized carbons (Fsp3) is 0.275. The van der Waals surface area contributed by atoms with Crippen molar-refractivity contribution in [1.29, 1.82) is 0 Å². The van der Waals surface area contributed by atoms with E-state index < -0.39 is 0 Å². The molecule has 1 aliphatic heterocycles. The third-order valence-corrected chi connectivity index (χ3v) is 8.23. The summed E-state index contributed by atoms with van der Waals surface area (Å²) in [7, 11) is 0. The summed E-state index contributed by atoms with van der Waals surface area (Å²) < 4.78 is 30.8. The summed E-state index contributed by atoms with van der Waals surface area (Å²) in [6, 6.07) is 21.0. The van der Waals surface area contributed by atoms with Crippen molar-refractivity contribution in [2.45, 2.75) is 53.6 Å². The van der Waals surface area contributed by atoms with Gasteiger partial charge in [-0.2, -0.15) is 9.78 Å². The highest BCUT2D eigenvalue weighted by Gasteiger charge is 2.20. The van der Waals surface area contributed by atoms with Crippen molar-refractivity contribution in [1.82, 2.24) is 9.66 Å². The zero-order chi connectivity index (χ0) is 34.5. The Morgan fingerprint density at radius 2 is 1.73 bits per heavy atom. The molecule has 0 N–H and O–H groups in total. The van der Waals surface area contributed by atoms with Gasteiger partial charge in [-0.15, -0.1) is 6.58 Å². The van der Waals surface area contributed by atoms with Crippen LogP contribution in [0.15, 0.2) is 89.3 Å². The molecular formula is C40H41N3O6. The highest BCUT2D eigenvalue weighted by atomic mass is 16.7. The van der Waals surface area contributed by atoms with E-state index in [9.17, 15) is 4.79 Å². The van der Waals surface area contributed by atoms with Gasteiger partial charge in [-0.05, 0) is 104 Å². The topological polar surface area (TPSA) is 93.4 Å². The first kappa shape index (κ1) is 33.3. The minimum atomic E-state index is -0.267. The summed E-state index contributed by atoms with van der Waals surface area (Å²) in [5.74, 6) is 4.07. The van der Waals surface area contributed by atoms with Crippen molar-refractivity contribution in [3.63, 3.8) is 0 Å². The van der Waals surface area contributed by atoms with Gasteiger partial charge in [-0.1, -0.05) is 38.1 Å². The first-order chi connectivity index (χ1) is 23.8. The van der Waals surface area contributed by atoms with Crippen LogP contribution in [-0.2, 0) is 13.0 Å². The molecule has 9 nitrogen and oxygen atoms in total. The minimum absolute atomic E-state index is 0.191. The lowest BCUT2D eigenvalue weighted by Gasteiger charge is -2.18. The number of benzene rings is 4. The Labute approximate surface area is 286 Å². The summed E-state index contributed by atoms with van der Waals surface area (Å²) >= 11 is 0. The summed E-state index contributed by atoms with van der Waals surface area (Å²) in [6.45, 7) is 15.6. The second-order valence-corrected chi connectivity index (χ2v) is 12.0. The van der Waals surface area contributed by atoms with Crippen LogP contribution in [0.5, 0.6) is 28.7 Å². The average molecular weight is 660 g/mol. The number of nitrogens with zero attached hydrogens (tertiary/aromatic N) is 3. The molecular weight excluding hydrogens is 618 g/mol. The molecule has 4 aromatic carbocycles. The second kappa shape index (κ2) is 14.7. The number of aromatic nitrogens is 2. The second-order valence-electron chi connectivity index (χ2n) is 12.0. The third-order valence-electron chi connectivity index (χ3n) is 8.23. The van der Waals surface area contributed by atoms with E-state index in [0.29, 0.717) is 60.2 Å². The summed E-state index contributed by atoms with van der Waals surface area (Å²) in [5, 5.41) is 5.25. The van der Waals surface area contributed by atoms with Crippen LogP contribution in [0, 0.1) is 6.92 Å². The molecule has 0 radical (unpaired) electrons. The maximum atomic E-state index is 14.0. The Hall–Kier alpha value is -5.57. The van der Waals surface area contributed by atoms with Gasteiger partial charge in [0.05, 0.1) is 30.3 Å². The van der Waals surface area contributed by atoms with Crippen LogP contribution in [0.1, 0.15) is 61.4 Å². The normalized spacial score (nSPS) is 12.2. The SMILES string of the molecule is C=CCc1cc(C=Nn2c(-c3cc(C(C)C)c(OCC)cc3C)nc3ccccc3c2=O)cc(OCC)c1OCc1ccc2c(c1)OCO2. The molecule has 0 fully saturated rings. The van der Waals surface area contributed by atoms with Gasteiger partial charge >= 0.3 is 0 Å². The largest absolute Gasteiger partial charge is 0.494 e. The predicted octanol–water partition coefficient (Wildman–Crippen LogP) is 8.21. The van der Waals surface area contributed by atoms with Crippen LogP contribution in [0.2, 0.25) is 0 Å². The monoisotopic (exact) mass is 659 g/mol. The van der Waals surface area contributed by atoms with E-state index in [0.717, 1.165) is 44.9 Å². The van der Waals surface area contributed by atoms with E-state index >= 15 is 0 Å². The van der Waals surface area contributed by atoms with Crippen LogP contribution in [0.3, 0.4) is 0 Å². The molecule has 49 heavy (non-hydrogen) atoms. The fourth-order valence-electron chi connectivity index (χ4n) is 5.88. The number of hydrogen-bond donors (Lipinski definition) is 0. The molecule has 0 bridgehead atoms.